The summed E-state index contributed by atoms with van der Waals surface area (Å²) in [6.45, 7) is 0.293. The van der Waals surface area contributed by atoms with Crippen LogP contribution in [-0.4, -0.2) is 19.6 Å². The van der Waals surface area contributed by atoms with Gasteiger partial charge < -0.3 is 10.5 Å². The van der Waals surface area contributed by atoms with E-state index in [1.54, 1.807) is 22.9 Å². The number of ether oxygens (including phenoxy) is 1. The van der Waals surface area contributed by atoms with Crippen molar-refractivity contribution >= 4 is 11.5 Å². The molecule has 0 aliphatic carbocycles. The minimum atomic E-state index is 0.293. The van der Waals surface area contributed by atoms with Crippen LogP contribution in [0.2, 0.25) is 0 Å². The van der Waals surface area contributed by atoms with Crippen LogP contribution >= 0.6 is 0 Å². The van der Waals surface area contributed by atoms with Gasteiger partial charge in [0, 0.05) is 6.20 Å². The van der Waals surface area contributed by atoms with E-state index in [0.717, 1.165) is 0 Å². The third kappa shape index (κ3) is 1.84. The molecule has 0 amide bonds. The Labute approximate surface area is 103 Å². The zero-order chi connectivity index (χ0) is 12.4. The molecule has 2 N–H and O–H groups in total. The second-order valence-corrected chi connectivity index (χ2v) is 3.74. The van der Waals surface area contributed by atoms with Crippen LogP contribution in [0.3, 0.4) is 0 Å². The molecule has 0 bridgehead atoms. The molecule has 6 nitrogen and oxygen atoms in total. The average molecular weight is 241 g/mol. The predicted molar refractivity (Wildman–Crippen MR) is 66.0 cm³/mol. The number of nitrogens with two attached hydrogens (primary N) is 1. The number of rotatable bonds is 3. The van der Waals surface area contributed by atoms with E-state index in [9.17, 15) is 0 Å². The Morgan fingerprint density at radius 1 is 1.17 bits per heavy atom. The number of hydrogen-bond acceptors (Lipinski definition) is 5. The Bertz CT molecular complexity index is 665. The van der Waals surface area contributed by atoms with Crippen molar-refractivity contribution in [2.45, 2.75) is 6.61 Å². The summed E-state index contributed by atoms with van der Waals surface area (Å²) in [5.74, 6) is 1.93. The summed E-state index contributed by atoms with van der Waals surface area (Å²) in [4.78, 5) is 3.97. The molecule has 0 spiro atoms. The molecule has 0 aliphatic rings. The SMILES string of the molecule is Nc1cccc2nnc(COc3cccnc3)n12. The minimum Gasteiger partial charge on any atom is -0.484 e. The van der Waals surface area contributed by atoms with E-state index in [0.29, 0.717) is 29.6 Å². The quantitative estimate of drug-likeness (QED) is 0.747. The molecule has 0 aromatic carbocycles. The van der Waals surface area contributed by atoms with Gasteiger partial charge in [-0.3, -0.25) is 9.38 Å². The fourth-order valence-electron chi connectivity index (χ4n) is 1.70. The molecule has 3 aromatic heterocycles. The average Bonchev–Trinajstić information content (AvgIpc) is 2.82. The molecule has 0 radical (unpaired) electrons. The summed E-state index contributed by atoms with van der Waals surface area (Å²) >= 11 is 0. The van der Waals surface area contributed by atoms with Gasteiger partial charge >= 0.3 is 0 Å². The van der Waals surface area contributed by atoms with Crippen molar-refractivity contribution in [1.29, 1.82) is 0 Å². The number of aromatic nitrogens is 4. The van der Waals surface area contributed by atoms with Crippen molar-refractivity contribution in [3.05, 3.63) is 48.5 Å². The molecule has 6 heteroatoms. The van der Waals surface area contributed by atoms with Gasteiger partial charge in [0.2, 0.25) is 0 Å². The van der Waals surface area contributed by atoms with Gasteiger partial charge in [-0.15, -0.1) is 10.2 Å². The molecule has 0 unspecified atom stereocenters. The lowest BCUT2D eigenvalue weighted by molar-refractivity contribution is 0.293. The van der Waals surface area contributed by atoms with Crippen molar-refractivity contribution in [1.82, 2.24) is 19.6 Å². The molecule has 0 atom stereocenters. The van der Waals surface area contributed by atoms with Gasteiger partial charge in [0.1, 0.15) is 18.2 Å². The van der Waals surface area contributed by atoms with Crippen molar-refractivity contribution in [2.24, 2.45) is 0 Å². The minimum absolute atomic E-state index is 0.293. The van der Waals surface area contributed by atoms with E-state index in [1.165, 1.54) is 0 Å². The molecule has 0 saturated carbocycles. The maximum absolute atomic E-state index is 5.89. The molecule has 3 rings (SSSR count). The van der Waals surface area contributed by atoms with Crippen LogP contribution in [0, 0.1) is 0 Å². The number of fused-ring (bicyclic) bond motifs is 1. The Kier molecular flexibility index (Phi) is 2.53. The molecule has 90 valence electrons. The first-order valence-electron chi connectivity index (χ1n) is 5.46. The second-order valence-electron chi connectivity index (χ2n) is 3.74. The summed E-state index contributed by atoms with van der Waals surface area (Å²) < 4.78 is 7.33. The molecule has 3 aromatic rings. The lowest BCUT2D eigenvalue weighted by Gasteiger charge is -2.05. The summed E-state index contributed by atoms with van der Waals surface area (Å²) in [6.07, 6.45) is 3.34. The fraction of sp³-hybridized carbons (Fsp3) is 0.0833. The van der Waals surface area contributed by atoms with Gasteiger partial charge in [0.25, 0.3) is 0 Å². The highest BCUT2D eigenvalue weighted by atomic mass is 16.5. The standard InChI is InChI=1S/C12H11N5O/c13-10-4-1-5-11-15-16-12(17(10)11)8-18-9-3-2-6-14-7-9/h1-7H,8,13H2. The first kappa shape index (κ1) is 10.5. The molecule has 3 heterocycles. The zero-order valence-corrected chi connectivity index (χ0v) is 9.52. The molecule has 18 heavy (non-hydrogen) atoms. The Hall–Kier alpha value is -2.63. The monoisotopic (exact) mass is 241 g/mol. The summed E-state index contributed by atoms with van der Waals surface area (Å²) in [5, 5.41) is 8.09. The lowest BCUT2D eigenvalue weighted by Crippen LogP contribution is -2.05. The fourth-order valence-corrected chi connectivity index (χ4v) is 1.70. The number of nitrogen functional groups attached to an aromatic ring is 1. The van der Waals surface area contributed by atoms with Gasteiger partial charge in [-0.25, -0.2) is 0 Å². The van der Waals surface area contributed by atoms with E-state index in [-0.39, 0.29) is 0 Å². The van der Waals surface area contributed by atoms with Crippen LogP contribution in [-0.2, 0) is 6.61 Å². The number of pyridine rings is 2. The highest BCUT2D eigenvalue weighted by molar-refractivity contribution is 5.47. The molecular weight excluding hydrogens is 230 g/mol. The third-order valence-electron chi connectivity index (χ3n) is 2.53. The third-order valence-corrected chi connectivity index (χ3v) is 2.53. The molecular formula is C12H11N5O. The summed E-state index contributed by atoms with van der Waals surface area (Å²) in [5.41, 5.74) is 6.59. The van der Waals surface area contributed by atoms with Gasteiger partial charge in [-0.05, 0) is 24.3 Å². The van der Waals surface area contributed by atoms with Crippen molar-refractivity contribution in [3.63, 3.8) is 0 Å². The largest absolute Gasteiger partial charge is 0.484 e. The Morgan fingerprint density at radius 2 is 2.11 bits per heavy atom. The lowest BCUT2D eigenvalue weighted by atomic mass is 10.4. The maximum atomic E-state index is 5.89. The van der Waals surface area contributed by atoms with Crippen LogP contribution in [0.25, 0.3) is 5.65 Å². The van der Waals surface area contributed by atoms with Crippen LogP contribution in [0.1, 0.15) is 5.82 Å². The molecule has 0 saturated heterocycles. The first-order chi connectivity index (χ1) is 8.84. The Morgan fingerprint density at radius 3 is 2.94 bits per heavy atom. The van der Waals surface area contributed by atoms with Crippen LogP contribution in [0.5, 0.6) is 5.75 Å². The molecule has 0 fully saturated rings. The van der Waals surface area contributed by atoms with Gasteiger partial charge in [0.05, 0.1) is 6.20 Å². The van der Waals surface area contributed by atoms with Crippen molar-refractivity contribution in [3.8, 4) is 5.75 Å². The second kappa shape index (κ2) is 4.33. The highest BCUT2D eigenvalue weighted by Gasteiger charge is 2.08. The van der Waals surface area contributed by atoms with Crippen molar-refractivity contribution < 1.29 is 4.74 Å². The summed E-state index contributed by atoms with van der Waals surface area (Å²) in [7, 11) is 0. The van der Waals surface area contributed by atoms with Gasteiger partial charge in [0.15, 0.2) is 11.5 Å². The van der Waals surface area contributed by atoms with E-state index >= 15 is 0 Å². The normalized spacial score (nSPS) is 10.7. The maximum Gasteiger partial charge on any atom is 0.177 e. The van der Waals surface area contributed by atoms with Crippen LogP contribution in [0.4, 0.5) is 5.82 Å². The van der Waals surface area contributed by atoms with E-state index in [2.05, 4.69) is 15.2 Å². The van der Waals surface area contributed by atoms with Crippen LogP contribution < -0.4 is 10.5 Å². The summed E-state index contributed by atoms with van der Waals surface area (Å²) in [6, 6.07) is 9.12. The predicted octanol–water partition coefficient (Wildman–Crippen LogP) is 1.29. The number of nitrogens with zero attached hydrogens (tertiary/aromatic N) is 4. The first-order valence-corrected chi connectivity index (χ1v) is 5.46. The van der Waals surface area contributed by atoms with E-state index < -0.39 is 0 Å². The zero-order valence-electron chi connectivity index (χ0n) is 9.52. The smallest absolute Gasteiger partial charge is 0.177 e. The van der Waals surface area contributed by atoms with Gasteiger partial charge in [-0.2, -0.15) is 0 Å². The Balaban J connectivity index is 1.87. The van der Waals surface area contributed by atoms with E-state index in [4.69, 9.17) is 10.5 Å². The number of anilines is 1. The van der Waals surface area contributed by atoms with Crippen molar-refractivity contribution in [2.75, 3.05) is 5.73 Å². The van der Waals surface area contributed by atoms with Crippen LogP contribution in [0.15, 0.2) is 42.7 Å². The highest BCUT2D eigenvalue weighted by Crippen LogP contribution is 2.13. The topological polar surface area (TPSA) is 78.3 Å². The van der Waals surface area contributed by atoms with E-state index in [1.807, 2.05) is 24.3 Å². The van der Waals surface area contributed by atoms with Gasteiger partial charge in [-0.1, -0.05) is 6.07 Å². The number of hydrogen-bond donors (Lipinski definition) is 1. The molecule has 0 aliphatic heterocycles.